The Morgan fingerprint density at radius 1 is 1.63 bits per heavy atom. The van der Waals surface area contributed by atoms with Gasteiger partial charge in [-0.2, -0.15) is 5.10 Å². The molecule has 108 valence electrons. The van der Waals surface area contributed by atoms with Crippen molar-refractivity contribution in [2.45, 2.75) is 25.9 Å². The minimum atomic E-state index is -0.516. The summed E-state index contributed by atoms with van der Waals surface area (Å²) in [6.07, 6.45) is 2.72. The minimum Gasteiger partial charge on any atom is -0.354 e. The lowest BCUT2D eigenvalue weighted by Gasteiger charge is -2.11. The molecule has 0 saturated heterocycles. The summed E-state index contributed by atoms with van der Waals surface area (Å²) in [5.41, 5.74) is -0.0702. The zero-order valence-corrected chi connectivity index (χ0v) is 11.6. The average molecular weight is 292 g/mol. The van der Waals surface area contributed by atoms with Crippen LogP contribution in [0.4, 0.5) is 5.69 Å². The highest BCUT2D eigenvalue weighted by molar-refractivity contribution is 5.85. The highest BCUT2D eigenvalue weighted by atomic mass is 35.5. The zero-order valence-electron chi connectivity index (χ0n) is 10.8. The highest BCUT2D eigenvalue weighted by Gasteiger charge is 2.10. The molecule has 0 aliphatic heterocycles. The second kappa shape index (κ2) is 8.44. The van der Waals surface area contributed by atoms with E-state index in [0.717, 1.165) is 0 Å². The molecule has 0 saturated carbocycles. The van der Waals surface area contributed by atoms with Gasteiger partial charge in [-0.05, 0) is 14.0 Å². The Morgan fingerprint density at radius 2 is 2.32 bits per heavy atom. The van der Waals surface area contributed by atoms with Crippen LogP contribution < -0.4 is 10.6 Å². The summed E-state index contributed by atoms with van der Waals surface area (Å²) >= 11 is 0. The molecule has 1 aromatic heterocycles. The van der Waals surface area contributed by atoms with Crippen molar-refractivity contribution in [2.75, 3.05) is 13.6 Å². The van der Waals surface area contributed by atoms with E-state index in [1.54, 1.807) is 0 Å². The van der Waals surface area contributed by atoms with Gasteiger partial charge < -0.3 is 10.6 Å². The molecule has 0 aliphatic carbocycles. The third-order valence-corrected chi connectivity index (χ3v) is 2.50. The van der Waals surface area contributed by atoms with Crippen molar-refractivity contribution in [3.8, 4) is 0 Å². The summed E-state index contributed by atoms with van der Waals surface area (Å²) in [6.45, 7) is 2.83. The predicted molar refractivity (Wildman–Crippen MR) is 72.3 cm³/mol. The van der Waals surface area contributed by atoms with E-state index < -0.39 is 4.92 Å². The molecule has 1 amide bonds. The number of amides is 1. The van der Waals surface area contributed by atoms with Crippen LogP contribution in [-0.4, -0.2) is 40.2 Å². The van der Waals surface area contributed by atoms with E-state index in [4.69, 9.17) is 0 Å². The van der Waals surface area contributed by atoms with Crippen LogP contribution in [0.1, 0.15) is 13.3 Å². The van der Waals surface area contributed by atoms with Crippen LogP contribution in [0.5, 0.6) is 0 Å². The topological polar surface area (TPSA) is 102 Å². The van der Waals surface area contributed by atoms with Gasteiger partial charge in [-0.25, -0.2) is 0 Å². The average Bonchev–Trinajstić information content (AvgIpc) is 2.82. The summed E-state index contributed by atoms with van der Waals surface area (Å²) in [7, 11) is 1.82. The third-order valence-electron chi connectivity index (χ3n) is 2.50. The fourth-order valence-corrected chi connectivity index (χ4v) is 1.24. The molecule has 0 aromatic carbocycles. The number of hydrogen-bond acceptors (Lipinski definition) is 5. The van der Waals surface area contributed by atoms with Crippen LogP contribution in [0.25, 0.3) is 0 Å². The van der Waals surface area contributed by atoms with Crippen LogP contribution in [0.3, 0.4) is 0 Å². The van der Waals surface area contributed by atoms with Gasteiger partial charge in [-0.3, -0.25) is 19.6 Å². The van der Waals surface area contributed by atoms with E-state index in [0.29, 0.717) is 13.1 Å². The maximum Gasteiger partial charge on any atom is 0.306 e. The van der Waals surface area contributed by atoms with Crippen molar-refractivity contribution < 1.29 is 9.72 Å². The first kappa shape index (κ1) is 17.3. The second-order valence-electron chi connectivity index (χ2n) is 3.96. The van der Waals surface area contributed by atoms with E-state index >= 15 is 0 Å². The molecule has 19 heavy (non-hydrogen) atoms. The normalized spacial score (nSPS) is 11.5. The summed E-state index contributed by atoms with van der Waals surface area (Å²) in [5, 5.41) is 20.0. The van der Waals surface area contributed by atoms with Gasteiger partial charge in [-0.1, -0.05) is 0 Å². The number of carbonyl (C=O) groups excluding carboxylic acids is 1. The quantitative estimate of drug-likeness (QED) is 0.557. The molecule has 1 heterocycles. The molecule has 0 spiro atoms. The molecule has 9 heteroatoms. The smallest absolute Gasteiger partial charge is 0.306 e. The van der Waals surface area contributed by atoms with Gasteiger partial charge in [0, 0.05) is 25.6 Å². The second-order valence-corrected chi connectivity index (χ2v) is 3.96. The van der Waals surface area contributed by atoms with E-state index in [-0.39, 0.29) is 36.5 Å². The number of carbonyl (C=O) groups is 1. The van der Waals surface area contributed by atoms with Crippen molar-refractivity contribution in [3.05, 3.63) is 22.5 Å². The Kier molecular flexibility index (Phi) is 7.69. The number of nitrogens with zero attached hydrogens (tertiary/aromatic N) is 3. The van der Waals surface area contributed by atoms with Crippen molar-refractivity contribution in [1.82, 2.24) is 20.4 Å². The lowest BCUT2D eigenvalue weighted by atomic mass is 10.3. The van der Waals surface area contributed by atoms with E-state index in [1.807, 2.05) is 14.0 Å². The lowest BCUT2D eigenvalue weighted by Crippen LogP contribution is -2.37. The lowest BCUT2D eigenvalue weighted by molar-refractivity contribution is -0.385. The Hall–Kier alpha value is -1.67. The molecular formula is C10H18ClN5O3. The van der Waals surface area contributed by atoms with Crippen LogP contribution in [0.15, 0.2) is 12.4 Å². The SMILES string of the molecule is CNC(C)CNC(=O)CCn1cc([N+](=O)[O-])cn1.Cl. The van der Waals surface area contributed by atoms with Gasteiger partial charge >= 0.3 is 5.69 Å². The van der Waals surface area contributed by atoms with Gasteiger partial charge in [0.15, 0.2) is 0 Å². The molecule has 0 aliphatic rings. The van der Waals surface area contributed by atoms with Crippen LogP contribution in [0.2, 0.25) is 0 Å². The Morgan fingerprint density at radius 3 is 2.84 bits per heavy atom. The first-order valence-corrected chi connectivity index (χ1v) is 5.63. The molecule has 0 radical (unpaired) electrons. The highest BCUT2D eigenvalue weighted by Crippen LogP contribution is 2.07. The van der Waals surface area contributed by atoms with Crippen LogP contribution >= 0.6 is 12.4 Å². The van der Waals surface area contributed by atoms with Crippen molar-refractivity contribution in [3.63, 3.8) is 0 Å². The van der Waals surface area contributed by atoms with E-state index in [1.165, 1.54) is 17.1 Å². The van der Waals surface area contributed by atoms with Gasteiger partial charge in [0.1, 0.15) is 12.4 Å². The van der Waals surface area contributed by atoms with Gasteiger partial charge in [0.2, 0.25) is 5.91 Å². The number of nitro groups is 1. The number of aryl methyl sites for hydroxylation is 1. The number of hydrogen-bond donors (Lipinski definition) is 2. The van der Waals surface area contributed by atoms with E-state index in [9.17, 15) is 14.9 Å². The molecule has 0 bridgehead atoms. The Labute approximate surface area is 117 Å². The van der Waals surface area contributed by atoms with Gasteiger partial charge in [0.05, 0.1) is 4.92 Å². The fourth-order valence-electron chi connectivity index (χ4n) is 1.24. The van der Waals surface area contributed by atoms with Gasteiger partial charge in [-0.15, -0.1) is 12.4 Å². The maximum atomic E-state index is 11.5. The molecular weight excluding hydrogens is 274 g/mol. The molecule has 1 atom stereocenters. The largest absolute Gasteiger partial charge is 0.354 e. The fraction of sp³-hybridized carbons (Fsp3) is 0.600. The summed E-state index contributed by atoms with van der Waals surface area (Å²) in [6, 6.07) is 0.208. The van der Waals surface area contributed by atoms with Crippen LogP contribution in [0, 0.1) is 10.1 Å². The molecule has 2 N–H and O–H groups in total. The molecule has 1 aromatic rings. The third kappa shape index (κ3) is 6.16. The number of nitrogens with one attached hydrogen (secondary N) is 2. The predicted octanol–water partition coefficient (Wildman–Crippen LogP) is 0.327. The molecule has 8 nitrogen and oxygen atoms in total. The summed E-state index contributed by atoms with van der Waals surface area (Å²) < 4.78 is 1.39. The number of likely N-dealkylation sites (N-methyl/N-ethyl adjacent to an activating group) is 1. The van der Waals surface area contributed by atoms with E-state index in [2.05, 4.69) is 15.7 Å². The van der Waals surface area contributed by atoms with Crippen molar-refractivity contribution in [2.24, 2.45) is 0 Å². The first-order chi connectivity index (χ1) is 8.52. The van der Waals surface area contributed by atoms with Gasteiger partial charge in [0.25, 0.3) is 0 Å². The standard InChI is InChI=1S/C10H17N5O3.ClH/c1-8(11-2)5-12-10(16)3-4-14-7-9(6-13-14)15(17)18;/h6-8,11H,3-5H2,1-2H3,(H,12,16);1H. The Bertz CT molecular complexity index is 423. The number of halogens is 1. The first-order valence-electron chi connectivity index (χ1n) is 5.63. The zero-order chi connectivity index (χ0) is 13.5. The van der Waals surface area contributed by atoms with Crippen LogP contribution in [-0.2, 0) is 11.3 Å². The Balaban J connectivity index is 0.00000324. The summed E-state index contributed by atoms with van der Waals surface area (Å²) in [5.74, 6) is -0.102. The molecule has 1 unspecified atom stereocenters. The molecule has 1 rings (SSSR count). The molecule has 0 fully saturated rings. The number of aromatic nitrogens is 2. The van der Waals surface area contributed by atoms with Crippen molar-refractivity contribution >= 4 is 24.0 Å². The minimum absolute atomic E-state index is 0. The monoisotopic (exact) mass is 291 g/mol. The number of rotatable bonds is 7. The maximum absolute atomic E-state index is 11.5. The summed E-state index contributed by atoms with van der Waals surface area (Å²) in [4.78, 5) is 21.4. The van der Waals surface area contributed by atoms with Crippen molar-refractivity contribution in [1.29, 1.82) is 0 Å².